The molecule has 11 heavy (non-hydrogen) atoms. The first-order chi connectivity index (χ1) is 5.43. The van der Waals surface area contributed by atoms with Gasteiger partial charge in [0, 0.05) is 0 Å². The average molecular weight is 145 g/mol. The van der Waals surface area contributed by atoms with Crippen molar-refractivity contribution in [2.24, 2.45) is 0 Å². The second-order valence-electron chi connectivity index (χ2n) is 2.43. The van der Waals surface area contributed by atoms with Crippen LogP contribution in [0.25, 0.3) is 0 Å². The van der Waals surface area contributed by atoms with E-state index in [9.17, 15) is 0 Å². The van der Waals surface area contributed by atoms with Gasteiger partial charge >= 0.3 is 0 Å². The molecule has 0 bridgehead atoms. The van der Waals surface area contributed by atoms with Crippen molar-refractivity contribution in [1.29, 1.82) is 0 Å². The second-order valence-corrected chi connectivity index (χ2v) is 2.43. The molecule has 0 saturated carbocycles. The first-order valence-corrected chi connectivity index (χ1v) is 3.93. The highest BCUT2D eigenvalue weighted by Crippen LogP contribution is 2.09. The monoisotopic (exact) mass is 145 g/mol. The summed E-state index contributed by atoms with van der Waals surface area (Å²) in [7, 11) is 0. The van der Waals surface area contributed by atoms with Crippen molar-refractivity contribution in [3.05, 3.63) is 54.5 Å². The molecule has 0 N–H and O–H groups in total. The molecule has 1 rings (SSSR count). The van der Waals surface area contributed by atoms with Crippen LogP contribution in [0.1, 0.15) is 13.3 Å². The van der Waals surface area contributed by atoms with Gasteiger partial charge in [-0.25, -0.2) is 0 Å². The van der Waals surface area contributed by atoms with E-state index in [1.54, 1.807) is 0 Å². The molecule has 0 amide bonds. The fraction of sp³-hybridized carbons (Fsp3) is 0.182. The summed E-state index contributed by atoms with van der Waals surface area (Å²) in [6.07, 6.45) is 17.9. The van der Waals surface area contributed by atoms with Crippen LogP contribution in [0.4, 0.5) is 0 Å². The van der Waals surface area contributed by atoms with Crippen molar-refractivity contribution in [2.45, 2.75) is 13.3 Å². The van der Waals surface area contributed by atoms with Gasteiger partial charge in [0.1, 0.15) is 0 Å². The first-order valence-electron chi connectivity index (χ1n) is 3.93. The van der Waals surface area contributed by atoms with Gasteiger partial charge in [-0.1, -0.05) is 42.5 Å². The Kier molecular flexibility index (Phi) is 3.46. The van der Waals surface area contributed by atoms with Crippen molar-refractivity contribution < 1.29 is 0 Å². The van der Waals surface area contributed by atoms with E-state index in [2.05, 4.69) is 36.8 Å². The van der Waals surface area contributed by atoms with E-state index in [1.807, 2.05) is 19.1 Å². The summed E-state index contributed by atoms with van der Waals surface area (Å²) in [4.78, 5) is 0. The Balaban J connectivity index is 2.48. The molecule has 1 aliphatic rings. The Bertz CT molecular complexity index is 214. The molecule has 57 valence electrons. The molecule has 0 nitrogen and oxygen atoms in total. The molecule has 0 fully saturated rings. The minimum absolute atomic E-state index is 1.07. The third-order valence-electron chi connectivity index (χ3n) is 1.49. The van der Waals surface area contributed by atoms with Gasteiger partial charge in [-0.15, -0.1) is 0 Å². The zero-order valence-corrected chi connectivity index (χ0v) is 6.83. The first kappa shape index (κ1) is 8.06. The molecule has 1 radical (unpaired) electrons. The molecule has 0 aromatic carbocycles. The second kappa shape index (κ2) is 4.73. The van der Waals surface area contributed by atoms with E-state index in [-0.39, 0.29) is 0 Å². The maximum Gasteiger partial charge on any atom is -0.0124 e. The molecule has 0 aromatic heterocycles. The number of rotatable bonds is 2. The molecular weight excluding hydrogens is 132 g/mol. The lowest BCUT2D eigenvalue weighted by Crippen LogP contribution is -1.79. The van der Waals surface area contributed by atoms with Crippen LogP contribution in [0.5, 0.6) is 0 Å². The number of hydrogen-bond acceptors (Lipinski definition) is 0. The van der Waals surface area contributed by atoms with Gasteiger partial charge in [-0.2, -0.15) is 0 Å². The third kappa shape index (κ3) is 3.03. The van der Waals surface area contributed by atoms with Crippen LogP contribution in [-0.2, 0) is 0 Å². The summed E-state index contributed by atoms with van der Waals surface area (Å²) >= 11 is 0. The predicted octanol–water partition coefficient (Wildman–Crippen LogP) is 3.21. The van der Waals surface area contributed by atoms with Gasteiger partial charge in [0.2, 0.25) is 0 Å². The largest absolute Gasteiger partial charge is 0.0877 e. The molecule has 0 spiro atoms. The quantitative estimate of drug-likeness (QED) is 0.523. The minimum atomic E-state index is 1.07. The van der Waals surface area contributed by atoms with Crippen molar-refractivity contribution in [1.82, 2.24) is 0 Å². The van der Waals surface area contributed by atoms with E-state index >= 15 is 0 Å². The summed E-state index contributed by atoms with van der Waals surface area (Å²) in [6, 6.07) is 0. The van der Waals surface area contributed by atoms with Crippen molar-refractivity contribution in [3.8, 4) is 0 Å². The number of allylic oxidation sites excluding steroid dienone is 8. The van der Waals surface area contributed by atoms with Crippen LogP contribution in [0.2, 0.25) is 0 Å². The van der Waals surface area contributed by atoms with Crippen molar-refractivity contribution in [3.63, 3.8) is 0 Å². The SMILES string of the molecule is C/C=C/C=CC1=C[CH]CC=C1. The Morgan fingerprint density at radius 1 is 1.36 bits per heavy atom. The molecule has 0 aliphatic heterocycles. The summed E-state index contributed by atoms with van der Waals surface area (Å²) in [5, 5.41) is 0. The van der Waals surface area contributed by atoms with E-state index < -0.39 is 0 Å². The molecule has 0 atom stereocenters. The lowest BCUT2D eigenvalue weighted by molar-refractivity contribution is 1.25. The molecule has 0 heterocycles. The Morgan fingerprint density at radius 2 is 2.27 bits per heavy atom. The van der Waals surface area contributed by atoms with Gasteiger partial charge in [-0.05, 0) is 25.3 Å². The Morgan fingerprint density at radius 3 is 2.91 bits per heavy atom. The van der Waals surface area contributed by atoms with Gasteiger partial charge in [-0.3, -0.25) is 0 Å². The maximum absolute atomic E-state index is 2.16. The molecule has 0 heteroatoms. The van der Waals surface area contributed by atoms with E-state index in [0.717, 1.165) is 6.42 Å². The van der Waals surface area contributed by atoms with Gasteiger partial charge in [0.25, 0.3) is 0 Å². The molecule has 1 aliphatic carbocycles. The molecule has 0 aromatic rings. The highest BCUT2D eigenvalue weighted by atomic mass is 14.0. The Labute approximate surface area is 68.6 Å². The molecular formula is C11H13. The lowest BCUT2D eigenvalue weighted by Gasteiger charge is -1.98. The predicted molar refractivity (Wildman–Crippen MR) is 50.1 cm³/mol. The average Bonchev–Trinajstić information content (AvgIpc) is 2.07. The van der Waals surface area contributed by atoms with E-state index in [4.69, 9.17) is 0 Å². The summed E-state index contributed by atoms with van der Waals surface area (Å²) < 4.78 is 0. The summed E-state index contributed by atoms with van der Waals surface area (Å²) in [6.45, 7) is 2.02. The van der Waals surface area contributed by atoms with Crippen LogP contribution in [0.3, 0.4) is 0 Å². The van der Waals surface area contributed by atoms with Crippen LogP contribution >= 0.6 is 0 Å². The van der Waals surface area contributed by atoms with Crippen LogP contribution in [0.15, 0.2) is 48.1 Å². The summed E-state index contributed by atoms with van der Waals surface area (Å²) in [5.74, 6) is 0. The summed E-state index contributed by atoms with van der Waals surface area (Å²) in [5.41, 5.74) is 1.27. The fourth-order valence-electron chi connectivity index (χ4n) is 0.931. The minimum Gasteiger partial charge on any atom is -0.0877 e. The fourth-order valence-corrected chi connectivity index (χ4v) is 0.931. The third-order valence-corrected chi connectivity index (χ3v) is 1.49. The van der Waals surface area contributed by atoms with E-state index in [0.29, 0.717) is 0 Å². The van der Waals surface area contributed by atoms with Crippen LogP contribution in [0, 0.1) is 6.42 Å². The smallest absolute Gasteiger partial charge is 0.0124 e. The lowest BCUT2D eigenvalue weighted by atomic mass is 10.1. The van der Waals surface area contributed by atoms with Crippen molar-refractivity contribution in [2.75, 3.05) is 0 Å². The van der Waals surface area contributed by atoms with Gasteiger partial charge in [0.15, 0.2) is 0 Å². The van der Waals surface area contributed by atoms with Crippen LogP contribution < -0.4 is 0 Å². The molecule has 0 unspecified atom stereocenters. The Hall–Kier alpha value is -1.04. The maximum atomic E-state index is 2.16. The highest BCUT2D eigenvalue weighted by molar-refractivity contribution is 5.37. The molecule has 0 saturated heterocycles. The van der Waals surface area contributed by atoms with Crippen molar-refractivity contribution >= 4 is 0 Å². The topological polar surface area (TPSA) is 0 Å². The zero-order chi connectivity index (χ0) is 7.94. The zero-order valence-electron chi connectivity index (χ0n) is 6.83. The number of hydrogen-bond donors (Lipinski definition) is 0. The standard InChI is InChI=1S/C11H13/c1-2-3-5-8-11-9-6-4-7-10-11/h2-3,5-10H,4H2,1H3/b3-2+,8-5?. The van der Waals surface area contributed by atoms with Gasteiger partial charge < -0.3 is 0 Å². The highest BCUT2D eigenvalue weighted by Gasteiger charge is 1.90. The normalized spacial score (nSPS) is 18.1. The van der Waals surface area contributed by atoms with E-state index in [1.165, 1.54) is 5.57 Å². The van der Waals surface area contributed by atoms with Crippen LogP contribution in [-0.4, -0.2) is 0 Å². The van der Waals surface area contributed by atoms with Gasteiger partial charge in [0.05, 0.1) is 0 Å².